The fourth-order valence-corrected chi connectivity index (χ4v) is 2.57. The number of fused-ring (bicyclic) bond motifs is 1. The van der Waals surface area contributed by atoms with Crippen LogP contribution in [0, 0.1) is 0 Å². The number of ketones is 1. The molecule has 6 heteroatoms. The highest BCUT2D eigenvalue weighted by molar-refractivity contribution is 6.30. The number of rotatable bonds is 5. The summed E-state index contributed by atoms with van der Waals surface area (Å²) in [6.07, 6.45) is 0.214. The van der Waals surface area contributed by atoms with Gasteiger partial charge in [0.2, 0.25) is 5.91 Å². The zero-order valence-electron chi connectivity index (χ0n) is 12.9. The third-order valence-corrected chi connectivity index (χ3v) is 3.79. The Morgan fingerprint density at radius 3 is 2.58 bits per heavy atom. The summed E-state index contributed by atoms with van der Waals surface area (Å²) in [6, 6.07) is 11.9. The van der Waals surface area contributed by atoms with Crippen LogP contribution >= 0.6 is 11.6 Å². The molecule has 5 nitrogen and oxygen atoms in total. The first kappa shape index (κ1) is 16.3. The molecule has 1 heterocycles. The SMILES string of the molecule is O=C(CCC(=O)c1ccc2c(c1)OCCO2)Nc1cccc(Cl)c1. The van der Waals surface area contributed by atoms with Gasteiger partial charge in [0, 0.05) is 29.1 Å². The number of ether oxygens (including phenoxy) is 2. The Balaban J connectivity index is 1.56. The molecule has 2 aromatic carbocycles. The molecule has 1 N–H and O–H groups in total. The Kier molecular flexibility index (Phi) is 5.01. The van der Waals surface area contributed by atoms with Gasteiger partial charge in [-0.15, -0.1) is 0 Å². The maximum absolute atomic E-state index is 12.2. The van der Waals surface area contributed by atoms with E-state index < -0.39 is 0 Å². The lowest BCUT2D eigenvalue weighted by Crippen LogP contribution is -2.16. The van der Waals surface area contributed by atoms with Crippen molar-refractivity contribution >= 4 is 29.0 Å². The average molecular weight is 346 g/mol. The molecule has 0 atom stereocenters. The smallest absolute Gasteiger partial charge is 0.224 e. The van der Waals surface area contributed by atoms with E-state index in [-0.39, 0.29) is 24.5 Å². The Morgan fingerprint density at radius 2 is 1.79 bits per heavy atom. The van der Waals surface area contributed by atoms with Crippen molar-refractivity contribution in [3.63, 3.8) is 0 Å². The number of amides is 1. The largest absolute Gasteiger partial charge is 0.486 e. The fourth-order valence-electron chi connectivity index (χ4n) is 2.38. The second-order valence-corrected chi connectivity index (χ2v) is 5.78. The number of hydrogen-bond acceptors (Lipinski definition) is 4. The minimum Gasteiger partial charge on any atom is -0.486 e. The zero-order valence-corrected chi connectivity index (χ0v) is 13.6. The predicted molar refractivity (Wildman–Crippen MR) is 91.1 cm³/mol. The topological polar surface area (TPSA) is 64.6 Å². The summed E-state index contributed by atoms with van der Waals surface area (Å²) in [4.78, 5) is 24.2. The summed E-state index contributed by atoms with van der Waals surface area (Å²) in [5.41, 5.74) is 1.12. The molecule has 0 aliphatic carbocycles. The van der Waals surface area contributed by atoms with Crippen LogP contribution in [-0.4, -0.2) is 24.9 Å². The van der Waals surface area contributed by atoms with Crippen LogP contribution in [0.2, 0.25) is 5.02 Å². The van der Waals surface area contributed by atoms with E-state index in [0.29, 0.717) is 41.0 Å². The van der Waals surface area contributed by atoms with Gasteiger partial charge >= 0.3 is 0 Å². The third-order valence-electron chi connectivity index (χ3n) is 3.55. The Bertz CT molecular complexity index is 775. The number of carbonyl (C=O) groups is 2. The van der Waals surface area contributed by atoms with Crippen molar-refractivity contribution < 1.29 is 19.1 Å². The second-order valence-electron chi connectivity index (χ2n) is 5.34. The highest BCUT2D eigenvalue weighted by Gasteiger charge is 2.15. The van der Waals surface area contributed by atoms with E-state index in [9.17, 15) is 9.59 Å². The van der Waals surface area contributed by atoms with Gasteiger partial charge in [0.15, 0.2) is 17.3 Å². The zero-order chi connectivity index (χ0) is 16.9. The van der Waals surface area contributed by atoms with Crippen molar-refractivity contribution in [2.24, 2.45) is 0 Å². The molecule has 2 aromatic rings. The maximum atomic E-state index is 12.2. The molecule has 1 aliphatic heterocycles. The molecule has 124 valence electrons. The van der Waals surface area contributed by atoms with Gasteiger partial charge in [-0.25, -0.2) is 0 Å². The molecule has 1 aliphatic rings. The van der Waals surface area contributed by atoms with Gasteiger partial charge in [0.05, 0.1) is 0 Å². The summed E-state index contributed by atoms with van der Waals surface area (Å²) in [5, 5.41) is 3.26. The molecule has 0 aromatic heterocycles. The van der Waals surface area contributed by atoms with E-state index in [1.54, 1.807) is 42.5 Å². The molecule has 0 radical (unpaired) electrons. The maximum Gasteiger partial charge on any atom is 0.224 e. The molecule has 3 rings (SSSR count). The second kappa shape index (κ2) is 7.36. The van der Waals surface area contributed by atoms with Crippen LogP contribution in [0.3, 0.4) is 0 Å². The minimum absolute atomic E-state index is 0.0970. The number of anilines is 1. The first-order valence-electron chi connectivity index (χ1n) is 7.60. The highest BCUT2D eigenvalue weighted by atomic mass is 35.5. The number of carbonyl (C=O) groups excluding carboxylic acids is 2. The normalized spacial score (nSPS) is 12.5. The quantitative estimate of drug-likeness (QED) is 0.839. The number of benzene rings is 2. The van der Waals surface area contributed by atoms with E-state index in [1.165, 1.54) is 0 Å². The molecular formula is C18H16ClNO4. The standard InChI is InChI=1S/C18H16ClNO4/c19-13-2-1-3-14(11-13)20-18(22)7-5-15(21)12-4-6-16-17(10-12)24-9-8-23-16/h1-4,6,10-11H,5,7-9H2,(H,20,22). The first-order chi connectivity index (χ1) is 11.6. The van der Waals surface area contributed by atoms with Crippen LogP contribution in [0.25, 0.3) is 0 Å². The fraction of sp³-hybridized carbons (Fsp3) is 0.222. The minimum atomic E-state index is -0.233. The van der Waals surface area contributed by atoms with Gasteiger partial charge in [0.1, 0.15) is 13.2 Å². The Morgan fingerprint density at radius 1 is 1.00 bits per heavy atom. The lowest BCUT2D eigenvalue weighted by atomic mass is 10.1. The summed E-state index contributed by atoms with van der Waals surface area (Å²) >= 11 is 5.87. The van der Waals surface area contributed by atoms with Crippen LogP contribution in [0.4, 0.5) is 5.69 Å². The van der Waals surface area contributed by atoms with Crippen molar-refractivity contribution in [2.45, 2.75) is 12.8 Å². The van der Waals surface area contributed by atoms with E-state index in [4.69, 9.17) is 21.1 Å². The van der Waals surface area contributed by atoms with Gasteiger partial charge in [-0.1, -0.05) is 17.7 Å². The van der Waals surface area contributed by atoms with Crippen LogP contribution in [0.5, 0.6) is 11.5 Å². The van der Waals surface area contributed by atoms with Gasteiger partial charge in [-0.3, -0.25) is 9.59 Å². The van der Waals surface area contributed by atoms with Crippen molar-refractivity contribution in [3.8, 4) is 11.5 Å². The van der Waals surface area contributed by atoms with Gasteiger partial charge in [-0.2, -0.15) is 0 Å². The summed E-state index contributed by atoms with van der Waals surface area (Å²) in [7, 11) is 0. The van der Waals surface area contributed by atoms with E-state index in [2.05, 4.69) is 5.32 Å². The van der Waals surface area contributed by atoms with Crippen LogP contribution in [0.1, 0.15) is 23.2 Å². The van der Waals surface area contributed by atoms with Crippen molar-refractivity contribution in [3.05, 3.63) is 53.1 Å². The number of nitrogens with one attached hydrogen (secondary N) is 1. The first-order valence-corrected chi connectivity index (χ1v) is 7.98. The van der Waals surface area contributed by atoms with Crippen molar-refractivity contribution in [1.82, 2.24) is 0 Å². The van der Waals surface area contributed by atoms with E-state index in [0.717, 1.165) is 0 Å². The average Bonchev–Trinajstić information content (AvgIpc) is 2.59. The van der Waals surface area contributed by atoms with Crippen molar-refractivity contribution in [2.75, 3.05) is 18.5 Å². The van der Waals surface area contributed by atoms with Crippen molar-refractivity contribution in [1.29, 1.82) is 0 Å². The number of hydrogen-bond donors (Lipinski definition) is 1. The molecule has 1 amide bonds. The monoisotopic (exact) mass is 345 g/mol. The van der Waals surface area contributed by atoms with Gasteiger partial charge in [-0.05, 0) is 36.4 Å². The molecule has 0 bridgehead atoms. The number of halogens is 1. The molecule has 0 unspecified atom stereocenters. The molecule has 0 fully saturated rings. The molecule has 24 heavy (non-hydrogen) atoms. The van der Waals surface area contributed by atoms with Gasteiger partial charge in [0.25, 0.3) is 0 Å². The lowest BCUT2D eigenvalue weighted by Gasteiger charge is -2.18. The molecule has 0 saturated carbocycles. The Labute approximate surface area is 144 Å². The molecule has 0 spiro atoms. The lowest BCUT2D eigenvalue weighted by molar-refractivity contribution is -0.116. The summed E-state index contributed by atoms with van der Waals surface area (Å²) in [6.45, 7) is 0.969. The molecule has 0 saturated heterocycles. The van der Waals surface area contributed by atoms with Crippen LogP contribution in [-0.2, 0) is 4.79 Å². The van der Waals surface area contributed by atoms with Crippen LogP contribution in [0.15, 0.2) is 42.5 Å². The highest BCUT2D eigenvalue weighted by Crippen LogP contribution is 2.31. The van der Waals surface area contributed by atoms with E-state index in [1.807, 2.05) is 0 Å². The Hall–Kier alpha value is -2.53. The summed E-state index contributed by atoms with van der Waals surface area (Å²) < 4.78 is 10.9. The third kappa shape index (κ3) is 4.06. The number of Topliss-reactive ketones (excluding diaryl/α,β-unsaturated/α-hetero) is 1. The van der Waals surface area contributed by atoms with E-state index >= 15 is 0 Å². The van der Waals surface area contributed by atoms with Crippen LogP contribution < -0.4 is 14.8 Å². The predicted octanol–water partition coefficient (Wildman–Crippen LogP) is 3.71. The van der Waals surface area contributed by atoms with Gasteiger partial charge < -0.3 is 14.8 Å². The molecular weight excluding hydrogens is 330 g/mol. The summed E-state index contributed by atoms with van der Waals surface area (Å²) in [5.74, 6) is 0.850.